The van der Waals surface area contributed by atoms with Crippen molar-refractivity contribution in [2.75, 3.05) is 0 Å². The van der Waals surface area contributed by atoms with Gasteiger partial charge in [-0.3, -0.25) is 10.1 Å². The number of carbonyl (C=O) groups is 1. The molecule has 0 aromatic heterocycles. The third kappa shape index (κ3) is 5.13. The van der Waals surface area contributed by atoms with Crippen LogP contribution in [0.3, 0.4) is 0 Å². The lowest BCUT2D eigenvalue weighted by molar-refractivity contribution is -0.169. The number of carbonyl (C=O) groups excluding carboxylic acids is 1. The van der Waals surface area contributed by atoms with Crippen LogP contribution >= 0.6 is 0 Å². The van der Waals surface area contributed by atoms with Crippen LogP contribution in [0, 0.1) is 6.92 Å². The highest BCUT2D eigenvalue weighted by molar-refractivity contribution is 5.76. The Balaban J connectivity index is 3.60. The smallest absolute Gasteiger partial charge is 0.275 e. The Bertz CT molecular complexity index is 109. The van der Waals surface area contributed by atoms with Crippen LogP contribution in [0.15, 0.2) is 0 Å². The van der Waals surface area contributed by atoms with Gasteiger partial charge in [-0.1, -0.05) is 0 Å². The predicted octanol–water partition coefficient (Wildman–Crippen LogP) is 0.847. The summed E-state index contributed by atoms with van der Waals surface area (Å²) in [6, 6.07) is 0. The third-order valence-electron chi connectivity index (χ3n) is 0.508. The minimum atomic E-state index is -4.62. The molecule has 1 amide bonds. The van der Waals surface area contributed by atoms with Gasteiger partial charge in [-0.25, -0.2) is 0 Å². The van der Waals surface area contributed by atoms with Crippen LogP contribution in [0.5, 0.6) is 0 Å². The van der Waals surface area contributed by atoms with Crippen LogP contribution in [0.25, 0.3) is 0 Å². The Kier molecular flexibility index (Phi) is 2.48. The molecule has 0 atom stereocenters. The molecule has 0 aromatic rings. The number of nitrogens with one attached hydrogen (secondary N) is 1. The summed E-state index contributed by atoms with van der Waals surface area (Å²) in [6.45, 7) is 2.96. The van der Waals surface area contributed by atoms with E-state index >= 15 is 0 Å². The maximum absolute atomic E-state index is 11.1. The van der Waals surface area contributed by atoms with E-state index in [2.05, 4.69) is 6.92 Å². The van der Waals surface area contributed by atoms with Crippen LogP contribution < -0.4 is 5.32 Å². The number of rotatable bonds is 1. The predicted molar refractivity (Wildman–Crippen MR) is 24.2 cm³/mol. The van der Waals surface area contributed by atoms with Gasteiger partial charge in [-0.05, 0) is 6.92 Å². The SMILES string of the molecule is [CH2]CC(=O)NC(F)(F)F. The fourth-order valence-corrected chi connectivity index (χ4v) is 0.221. The summed E-state index contributed by atoms with van der Waals surface area (Å²) in [7, 11) is 0. The summed E-state index contributed by atoms with van der Waals surface area (Å²) < 4.78 is 33.4. The van der Waals surface area contributed by atoms with E-state index in [9.17, 15) is 18.0 Å². The Hall–Kier alpha value is -0.740. The normalized spacial score (nSPS) is 11.1. The van der Waals surface area contributed by atoms with Gasteiger partial charge in [0.15, 0.2) is 0 Å². The minimum Gasteiger partial charge on any atom is -0.275 e. The largest absolute Gasteiger partial charge is 0.484 e. The minimum absolute atomic E-state index is 0.403. The second-order valence-corrected chi connectivity index (χ2v) is 1.30. The average Bonchev–Trinajstić information content (AvgIpc) is 1.62. The van der Waals surface area contributed by atoms with Crippen molar-refractivity contribution in [2.24, 2.45) is 0 Å². The highest BCUT2D eigenvalue weighted by Crippen LogP contribution is 2.08. The first-order valence-corrected chi connectivity index (χ1v) is 2.12. The Morgan fingerprint density at radius 1 is 1.56 bits per heavy atom. The van der Waals surface area contributed by atoms with Crippen molar-refractivity contribution >= 4 is 5.91 Å². The van der Waals surface area contributed by atoms with Gasteiger partial charge < -0.3 is 0 Å². The van der Waals surface area contributed by atoms with Gasteiger partial charge in [-0.2, -0.15) is 13.2 Å². The van der Waals surface area contributed by atoms with Gasteiger partial charge in [0, 0.05) is 6.42 Å². The molecule has 0 aliphatic heterocycles. The lowest BCUT2D eigenvalue weighted by Gasteiger charge is -2.05. The number of hydrogen-bond donors (Lipinski definition) is 1. The van der Waals surface area contributed by atoms with Crippen molar-refractivity contribution in [2.45, 2.75) is 12.7 Å². The summed E-state index contributed by atoms with van der Waals surface area (Å²) in [5, 5.41) is 0.767. The summed E-state index contributed by atoms with van der Waals surface area (Å²) in [6.07, 6.45) is -5.02. The molecule has 1 N–H and O–H groups in total. The van der Waals surface area contributed by atoms with E-state index in [4.69, 9.17) is 0 Å². The fraction of sp³-hybridized carbons (Fsp3) is 0.500. The number of alkyl halides is 3. The van der Waals surface area contributed by atoms with E-state index in [0.29, 0.717) is 0 Å². The molecule has 0 fully saturated rings. The van der Waals surface area contributed by atoms with Crippen LogP contribution in [0.1, 0.15) is 6.42 Å². The first kappa shape index (κ1) is 8.26. The molecule has 0 heterocycles. The second kappa shape index (κ2) is 2.70. The highest BCUT2D eigenvalue weighted by atomic mass is 19.4. The van der Waals surface area contributed by atoms with Gasteiger partial charge in [-0.15, -0.1) is 0 Å². The zero-order valence-corrected chi connectivity index (χ0v) is 4.46. The molecule has 2 nitrogen and oxygen atoms in total. The van der Waals surface area contributed by atoms with E-state index in [0.717, 1.165) is 5.32 Å². The molecule has 9 heavy (non-hydrogen) atoms. The Labute approximate surface area is 50.0 Å². The van der Waals surface area contributed by atoms with Crippen molar-refractivity contribution < 1.29 is 18.0 Å². The van der Waals surface area contributed by atoms with Crippen LogP contribution in [-0.4, -0.2) is 12.2 Å². The third-order valence-corrected chi connectivity index (χ3v) is 0.508. The first-order valence-electron chi connectivity index (χ1n) is 2.12. The zero-order valence-electron chi connectivity index (χ0n) is 4.46. The lowest BCUT2D eigenvalue weighted by atomic mass is 10.5. The van der Waals surface area contributed by atoms with Gasteiger partial charge in [0.2, 0.25) is 5.91 Å². The summed E-state index contributed by atoms with van der Waals surface area (Å²) in [4.78, 5) is 9.93. The monoisotopic (exact) mass is 140 g/mol. The maximum Gasteiger partial charge on any atom is 0.484 e. The van der Waals surface area contributed by atoms with Crippen LogP contribution in [-0.2, 0) is 4.79 Å². The van der Waals surface area contributed by atoms with E-state index in [1.54, 1.807) is 0 Å². The average molecular weight is 140 g/mol. The molecule has 0 spiro atoms. The molecule has 0 saturated heterocycles. The molecule has 0 aliphatic rings. The quantitative estimate of drug-likeness (QED) is 0.537. The van der Waals surface area contributed by atoms with Gasteiger partial charge in [0.1, 0.15) is 0 Å². The number of hydrogen-bond acceptors (Lipinski definition) is 1. The molecule has 0 saturated carbocycles. The molecule has 0 rings (SSSR count). The fourth-order valence-electron chi connectivity index (χ4n) is 0.221. The topological polar surface area (TPSA) is 29.1 Å². The Morgan fingerprint density at radius 2 is 2.00 bits per heavy atom. The molecular weight excluding hydrogens is 135 g/mol. The highest BCUT2D eigenvalue weighted by Gasteiger charge is 2.28. The maximum atomic E-state index is 11.1. The lowest BCUT2D eigenvalue weighted by Crippen LogP contribution is -2.36. The van der Waals surface area contributed by atoms with Crippen molar-refractivity contribution in [3.63, 3.8) is 0 Å². The van der Waals surface area contributed by atoms with Crippen molar-refractivity contribution in [1.29, 1.82) is 0 Å². The summed E-state index contributed by atoms with van der Waals surface area (Å²) >= 11 is 0. The second-order valence-electron chi connectivity index (χ2n) is 1.30. The molecule has 5 heteroatoms. The van der Waals surface area contributed by atoms with Gasteiger partial charge in [0.05, 0.1) is 0 Å². The van der Waals surface area contributed by atoms with Crippen molar-refractivity contribution in [1.82, 2.24) is 5.32 Å². The van der Waals surface area contributed by atoms with E-state index in [-0.39, 0.29) is 0 Å². The zero-order chi connectivity index (χ0) is 7.49. The van der Waals surface area contributed by atoms with Gasteiger partial charge >= 0.3 is 6.30 Å². The summed E-state index contributed by atoms with van der Waals surface area (Å²) in [5.74, 6) is -1.12. The molecular formula is C4H5F3NO. The van der Waals surface area contributed by atoms with E-state index in [1.807, 2.05) is 0 Å². The standard InChI is InChI=1S/C4H5F3NO/c1-2-3(9)8-4(5,6)7/h1-2H2,(H,8,9). The van der Waals surface area contributed by atoms with Crippen molar-refractivity contribution in [3.8, 4) is 0 Å². The van der Waals surface area contributed by atoms with E-state index < -0.39 is 18.6 Å². The van der Waals surface area contributed by atoms with Crippen LogP contribution in [0.4, 0.5) is 13.2 Å². The number of amides is 1. The van der Waals surface area contributed by atoms with Crippen molar-refractivity contribution in [3.05, 3.63) is 6.92 Å². The molecule has 0 unspecified atom stereocenters. The molecule has 53 valence electrons. The van der Waals surface area contributed by atoms with Crippen LogP contribution in [0.2, 0.25) is 0 Å². The first-order chi connectivity index (χ1) is 3.95. The molecule has 0 aromatic carbocycles. The molecule has 0 aliphatic carbocycles. The van der Waals surface area contributed by atoms with E-state index in [1.165, 1.54) is 0 Å². The van der Waals surface area contributed by atoms with Gasteiger partial charge in [0.25, 0.3) is 0 Å². The molecule has 0 bridgehead atoms. The Morgan fingerprint density at radius 3 is 2.11 bits per heavy atom. The molecule has 1 radical (unpaired) electrons. The number of halogens is 3. The summed E-state index contributed by atoms with van der Waals surface area (Å²) in [5.41, 5.74) is 0.